The molecular weight excluding hydrogens is 466 g/mol. The van der Waals surface area contributed by atoms with Crippen LogP contribution in [0.4, 0.5) is 5.13 Å². The van der Waals surface area contributed by atoms with E-state index in [1.165, 1.54) is 18.4 Å². The van der Waals surface area contributed by atoms with Crippen LogP contribution < -0.4 is 25.8 Å². The number of hydrogen-bond donors (Lipinski definition) is 3. The number of morpholine rings is 1. The molecule has 33 heavy (non-hydrogen) atoms. The van der Waals surface area contributed by atoms with Gasteiger partial charge in [0.1, 0.15) is 17.5 Å². The summed E-state index contributed by atoms with van der Waals surface area (Å²) < 4.78 is 10.6. The second-order valence-corrected chi connectivity index (χ2v) is 8.89. The molecule has 3 rings (SSSR count). The van der Waals surface area contributed by atoms with E-state index in [-0.39, 0.29) is 5.69 Å². The molecule has 2 heterocycles. The molecule has 2 aromatic rings. The molecule has 1 aliphatic rings. The van der Waals surface area contributed by atoms with Crippen molar-refractivity contribution in [2.75, 3.05) is 50.3 Å². The minimum Gasteiger partial charge on any atom is -0.496 e. The van der Waals surface area contributed by atoms with Gasteiger partial charge in [-0.05, 0) is 30.6 Å². The van der Waals surface area contributed by atoms with Gasteiger partial charge < -0.3 is 19.7 Å². The summed E-state index contributed by atoms with van der Waals surface area (Å²) in [5.41, 5.74) is 5.32. The average molecular weight is 494 g/mol. The Morgan fingerprint density at radius 3 is 2.70 bits per heavy atom. The quantitative estimate of drug-likeness (QED) is 0.447. The number of amides is 3. The van der Waals surface area contributed by atoms with Gasteiger partial charge >= 0.3 is 0 Å². The zero-order chi connectivity index (χ0) is 23.6. The summed E-state index contributed by atoms with van der Waals surface area (Å²) in [5, 5.41) is 5.10. The van der Waals surface area contributed by atoms with Gasteiger partial charge in [0.2, 0.25) is 0 Å². The predicted molar refractivity (Wildman–Crippen MR) is 128 cm³/mol. The number of nitrogens with zero attached hydrogens (tertiary/aromatic N) is 2. The molecule has 1 unspecified atom stereocenters. The number of carbonyl (C=O) groups excluding carboxylic acids is 3. The maximum atomic E-state index is 12.7. The SMILES string of the molecule is COc1ccccc1C(=O)NC(CCSC)C(=O)NNC(=O)c1csc(N2CCOCC2)n1. The number of carbonyl (C=O) groups is 3. The Kier molecular flexibility index (Phi) is 9.34. The van der Waals surface area contributed by atoms with E-state index in [0.717, 1.165) is 5.13 Å². The van der Waals surface area contributed by atoms with E-state index in [0.29, 0.717) is 49.8 Å². The van der Waals surface area contributed by atoms with Crippen LogP contribution in [0.5, 0.6) is 5.75 Å². The number of thioether (sulfide) groups is 1. The first-order valence-electron chi connectivity index (χ1n) is 10.3. The minimum absolute atomic E-state index is 0.209. The standard InChI is InChI=1S/C21H27N5O5S2/c1-30-17-6-4-3-5-14(17)18(27)22-15(7-12-32-2)19(28)24-25-20(29)16-13-33-21(23-16)26-8-10-31-11-9-26/h3-6,13,15H,7-12H2,1-2H3,(H,22,27)(H,24,28)(H,25,29). The lowest BCUT2D eigenvalue weighted by molar-refractivity contribution is -0.123. The highest BCUT2D eigenvalue weighted by atomic mass is 32.2. The first-order valence-corrected chi connectivity index (χ1v) is 12.6. The van der Waals surface area contributed by atoms with Crippen LogP contribution >= 0.6 is 23.1 Å². The second kappa shape index (κ2) is 12.4. The summed E-state index contributed by atoms with van der Waals surface area (Å²) in [7, 11) is 1.47. The Bertz CT molecular complexity index is 964. The van der Waals surface area contributed by atoms with Gasteiger partial charge in [-0.25, -0.2) is 4.98 Å². The fourth-order valence-corrected chi connectivity index (χ4v) is 4.44. The van der Waals surface area contributed by atoms with E-state index in [1.54, 1.807) is 41.4 Å². The van der Waals surface area contributed by atoms with E-state index in [4.69, 9.17) is 9.47 Å². The molecule has 0 aliphatic carbocycles. The zero-order valence-electron chi connectivity index (χ0n) is 18.5. The molecule has 0 spiro atoms. The monoisotopic (exact) mass is 493 g/mol. The third-order valence-corrected chi connectivity index (χ3v) is 6.43. The number of thiazole rings is 1. The zero-order valence-corrected chi connectivity index (χ0v) is 20.1. The maximum Gasteiger partial charge on any atom is 0.289 e. The summed E-state index contributed by atoms with van der Waals surface area (Å²) in [4.78, 5) is 44.3. The summed E-state index contributed by atoms with van der Waals surface area (Å²) in [5.74, 6) is -0.433. The Hall–Kier alpha value is -2.83. The molecule has 1 fully saturated rings. The third kappa shape index (κ3) is 6.83. The number of hydrogen-bond acceptors (Lipinski definition) is 9. The number of para-hydroxylation sites is 1. The highest BCUT2D eigenvalue weighted by molar-refractivity contribution is 7.98. The summed E-state index contributed by atoms with van der Waals surface area (Å²) >= 11 is 2.91. The molecule has 12 heteroatoms. The van der Waals surface area contributed by atoms with Crippen molar-refractivity contribution < 1.29 is 23.9 Å². The number of anilines is 1. The fraction of sp³-hybridized carbons (Fsp3) is 0.429. The largest absolute Gasteiger partial charge is 0.496 e. The van der Waals surface area contributed by atoms with Crippen LogP contribution in [0.15, 0.2) is 29.6 Å². The van der Waals surface area contributed by atoms with Crippen LogP contribution in [0.3, 0.4) is 0 Å². The molecular formula is C21H27N5O5S2. The number of hydrazine groups is 1. The molecule has 1 aromatic carbocycles. The molecule has 1 aromatic heterocycles. The van der Waals surface area contributed by atoms with Crippen LogP contribution in [0.25, 0.3) is 0 Å². The van der Waals surface area contributed by atoms with E-state index >= 15 is 0 Å². The Morgan fingerprint density at radius 2 is 1.97 bits per heavy atom. The van der Waals surface area contributed by atoms with Gasteiger partial charge in [-0.15, -0.1) is 11.3 Å². The van der Waals surface area contributed by atoms with Gasteiger partial charge in [-0.3, -0.25) is 25.2 Å². The molecule has 178 valence electrons. The van der Waals surface area contributed by atoms with Crippen molar-refractivity contribution in [3.8, 4) is 5.75 Å². The van der Waals surface area contributed by atoms with Gasteiger partial charge in [0.05, 0.1) is 25.9 Å². The lowest BCUT2D eigenvalue weighted by atomic mass is 10.1. The van der Waals surface area contributed by atoms with Crippen molar-refractivity contribution >= 4 is 46.0 Å². The lowest BCUT2D eigenvalue weighted by Crippen LogP contribution is -2.52. The minimum atomic E-state index is -0.838. The molecule has 0 saturated carbocycles. The van der Waals surface area contributed by atoms with E-state index in [2.05, 4.69) is 26.1 Å². The number of nitrogens with one attached hydrogen (secondary N) is 3. The van der Waals surface area contributed by atoms with Crippen molar-refractivity contribution in [2.45, 2.75) is 12.5 Å². The number of rotatable bonds is 9. The predicted octanol–water partition coefficient (Wildman–Crippen LogP) is 1.30. The summed E-state index contributed by atoms with van der Waals surface area (Å²) in [6, 6.07) is 5.92. The number of ether oxygens (including phenoxy) is 2. The van der Waals surface area contributed by atoms with Crippen LogP contribution in [-0.2, 0) is 9.53 Å². The summed E-state index contributed by atoms with van der Waals surface area (Å²) in [6.45, 7) is 2.67. The fourth-order valence-electron chi connectivity index (χ4n) is 3.11. The van der Waals surface area contributed by atoms with Crippen LogP contribution in [0, 0.1) is 0 Å². The highest BCUT2D eigenvalue weighted by Gasteiger charge is 2.24. The molecule has 1 saturated heterocycles. The van der Waals surface area contributed by atoms with Gasteiger partial charge in [-0.1, -0.05) is 12.1 Å². The Labute approximate surface area is 200 Å². The lowest BCUT2D eigenvalue weighted by Gasteiger charge is -2.25. The number of aromatic nitrogens is 1. The molecule has 1 aliphatic heterocycles. The first-order chi connectivity index (χ1) is 16.0. The molecule has 0 bridgehead atoms. The first kappa shape index (κ1) is 24.8. The van der Waals surface area contributed by atoms with Gasteiger partial charge in [0, 0.05) is 18.5 Å². The van der Waals surface area contributed by atoms with Crippen molar-refractivity contribution in [2.24, 2.45) is 0 Å². The molecule has 1 atom stereocenters. The Morgan fingerprint density at radius 1 is 1.21 bits per heavy atom. The third-order valence-electron chi connectivity index (χ3n) is 4.89. The van der Waals surface area contributed by atoms with E-state index in [9.17, 15) is 14.4 Å². The van der Waals surface area contributed by atoms with Gasteiger partial charge in [0.25, 0.3) is 17.7 Å². The normalized spacial score (nSPS) is 14.3. The summed E-state index contributed by atoms with van der Waals surface area (Å²) in [6.07, 6.45) is 2.30. The average Bonchev–Trinajstić information content (AvgIpc) is 3.35. The number of benzene rings is 1. The van der Waals surface area contributed by atoms with Gasteiger partial charge in [-0.2, -0.15) is 11.8 Å². The van der Waals surface area contributed by atoms with Crippen molar-refractivity contribution in [1.29, 1.82) is 0 Å². The Balaban J connectivity index is 1.58. The highest BCUT2D eigenvalue weighted by Crippen LogP contribution is 2.21. The maximum absolute atomic E-state index is 12.7. The molecule has 0 radical (unpaired) electrons. The number of methoxy groups -OCH3 is 1. The van der Waals surface area contributed by atoms with Crippen LogP contribution in [0.2, 0.25) is 0 Å². The topological polar surface area (TPSA) is 122 Å². The smallest absolute Gasteiger partial charge is 0.289 e. The van der Waals surface area contributed by atoms with E-state index < -0.39 is 23.8 Å². The van der Waals surface area contributed by atoms with Crippen LogP contribution in [0.1, 0.15) is 27.3 Å². The van der Waals surface area contributed by atoms with E-state index in [1.807, 2.05) is 6.26 Å². The van der Waals surface area contributed by atoms with Gasteiger partial charge in [0.15, 0.2) is 5.13 Å². The van der Waals surface area contributed by atoms with Crippen molar-refractivity contribution in [3.63, 3.8) is 0 Å². The molecule has 3 N–H and O–H groups in total. The van der Waals surface area contributed by atoms with Crippen LogP contribution in [-0.4, -0.2) is 74.2 Å². The van der Waals surface area contributed by atoms with Crippen molar-refractivity contribution in [3.05, 3.63) is 40.9 Å². The second-order valence-electron chi connectivity index (χ2n) is 7.07. The molecule has 3 amide bonds. The van der Waals surface area contributed by atoms with Crippen molar-refractivity contribution in [1.82, 2.24) is 21.2 Å². The molecule has 10 nitrogen and oxygen atoms in total.